The Balaban J connectivity index is 2.32. The number of nitrogens with zero attached hydrogens (tertiary/aromatic N) is 1. The van der Waals surface area contributed by atoms with Crippen LogP contribution in [0.25, 0.3) is 0 Å². The number of aliphatic hydroxyl groups excluding tert-OH is 1. The van der Waals surface area contributed by atoms with Crippen molar-refractivity contribution in [1.82, 2.24) is 4.90 Å². The second kappa shape index (κ2) is 8.08. The second-order valence-electron chi connectivity index (χ2n) is 4.97. The molecule has 0 bridgehead atoms. The first kappa shape index (κ1) is 17.4. The third-order valence-corrected chi connectivity index (χ3v) is 4.57. The van der Waals surface area contributed by atoms with Gasteiger partial charge in [-0.05, 0) is 17.7 Å². The molecule has 2 aromatic carbocycles. The average molecular weight is 337 g/mol. The topological polar surface area (TPSA) is 40.5 Å². The smallest absolute Gasteiger partial charge is 0.240 e. The highest BCUT2D eigenvalue weighted by molar-refractivity contribution is 8.00. The van der Waals surface area contributed by atoms with Gasteiger partial charge < -0.3 is 10.0 Å². The van der Waals surface area contributed by atoms with Crippen LogP contribution < -0.4 is 0 Å². The predicted molar refractivity (Wildman–Crippen MR) is 86.1 cm³/mol. The Kier molecular flexibility index (Phi) is 6.12. The number of benzene rings is 2. The lowest BCUT2D eigenvalue weighted by Gasteiger charge is -2.23. The van der Waals surface area contributed by atoms with Gasteiger partial charge >= 0.3 is 0 Å². The van der Waals surface area contributed by atoms with Crippen molar-refractivity contribution in [2.24, 2.45) is 0 Å². The highest BCUT2D eigenvalue weighted by atomic mass is 32.2. The third-order valence-electron chi connectivity index (χ3n) is 3.28. The van der Waals surface area contributed by atoms with Crippen molar-refractivity contribution in [1.29, 1.82) is 0 Å². The summed E-state index contributed by atoms with van der Waals surface area (Å²) in [7, 11) is 1.58. The quantitative estimate of drug-likeness (QED) is 0.823. The number of carbonyl (C=O) groups excluding carboxylic acids is 1. The largest absolute Gasteiger partial charge is 0.395 e. The maximum atomic E-state index is 13.9. The van der Waals surface area contributed by atoms with Crippen LogP contribution in [-0.2, 0) is 4.79 Å². The van der Waals surface area contributed by atoms with Crippen molar-refractivity contribution in [3.63, 3.8) is 0 Å². The molecule has 0 radical (unpaired) electrons. The van der Waals surface area contributed by atoms with Gasteiger partial charge in [0.2, 0.25) is 5.91 Å². The number of rotatable bonds is 6. The van der Waals surface area contributed by atoms with Crippen molar-refractivity contribution in [3.8, 4) is 0 Å². The van der Waals surface area contributed by atoms with Gasteiger partial charge in [0.25, 0.3) is 0 Å². The zero-order valence-corrected chi connectivity index (χ0v) is 13.4. The Hall–Kier alpha value is -1.92. The number of halogens is 2. The predicted octanol–water partition coefficient (Wildman–Crippen LogP) is 3.25. The monoisotopic (exact) mass is 337 g/mol. The lowest BCUT2D eigenvalue weighted by Crippen LogP contribution is -2.32. The van der Waals surface area contributed by atoms with Gasteiger partial charge in [-0.15, -0.1) is 11.8 Å². The normalized spacial score (nSPS) is 12.0. The molecule has 1 N–H and O–H groups in total. The number of carbonyl (C=O) groups is 1. The minimum atomic E-state index is -0.700. The Morgan fingerprint density at radius 1 is 1.22 bits per heavy atom. The molecule has 0 spiro atoms. The number of amides is 1. The van der Waals surface area contributed by atoms with Gasteiger partial charge in [0.1, 0.15) is 16.9 Å². The summed E-state index contributed by atoms with van der Waals surface area (Å²) in [6, 6.07) is 12.3. The fraction of sp³-hybridized carbons (Fsp3) is 0.235. The van der Waals surface area contributed by atoms with Gasteiger partial charge in [0, 0.05) is 24.6 Å². The van der Waals surface area contributed by atoms with E-state index in [1.807, 2.05) is 6.07 Å². The summed E-state index contributed by atoms with van der Waals surface area (Å²) in [5.74, 6) is -1.61. The van der Waals surface area contributed by atoms with E-state index in [0.29, 0.717) is 0 Å². The maximum absolute atomic E-state index is 13.9. The van der Waals surface area contributed by atoms with Crippen molar-refractivity contribution in [2.75, 3.05) is 20.2 Å². The molecule has 0 aliphatic rings. The van der Waals surface area contributed by atoms with Crippen LogP contribution in [0.2, 0.25) is 0 Å². The van der Waals surface area contributed by atoms with E-state index in [-0.39, 0.29) is 24.0 Å². The molecule has 0 heterocycles. The van der Waals surface area contributed by atoms with Crippen molar-refractivity contribution in [2.45, 2.75) is 10.1 Å². The molecule has 122 valence electrons. The molecule has 23 heavy (non-hydrogen) atoms. The fourth-order valence-electron chi connectivity index (χ4n) is 2.05. The van der Waals surface area contributed by atoms with Gasteiger partial charge in [-0.2, -0.15) is 0 Å². The van der Waals surface area contributed by atoms with E-state index in [1.165, 1.54) is 11.0 Å². The van der Waals surface area contributed by atoms with E-state index in [2.05, 4.69) is 0 Å². The lowest BCUT2D eigenvalue weighted by molar-refractivity contribution is -0.129. The van der Waals surface area contributed by atoms with E-state index in [0.717, 1.165) is 29.5 Å². The first-order valence-electron chi connectivity index (χ1n) is 7.05. The van der Waals surface area contributed by atoms with Crippen LogP contribution in [0.5, 0.6) is 0 Å². The molecule has 2 rings (SSSR count). The summed E-state index contributed by atoms with van der Waals surface area (Å²) in [6.07, 6.45) is 0. The minimum absolute atomic E-state index is 0.153. The second-order valence-corrected chi connectivity index (χ2v) is 6.11. The third kappa shape index (κ3) is 4.53. The van der Waals surface area contributed by atoms with E-state index in [4.69, 9.17) is 5.11 Å². The minimum Gasteiger partial charge on any atom is -0.395 e. The molecular formula is C17H17F2NO2S. The summed E-state index contributed by atoms with van der Waals surface area (Å²) >= 11 is 1.02. The summed E-state index contributed by atoms with van der Waals surface area (Å²) in [5.41, 5.74) is 0.719. The molecule has 1 amide bonds. The van der Waals surface area contributed by atoms with Gasteiger partial charge in [-0.25, -0.2) is 8.78 Å². The molecule has 0 aliphatic carbocycles. The molecule has 1 unspecified atom stereocenters. The SMILES string of the molecule is CN(CCO)C(=O)C(Sc1ccc(F)cc1F)c1ccccc1. The zero-order chi connectivity index (χ0) is 16.8. The highest BCUT2D eigenvalue weighted by Crippen LogP contribution is 2.37. The van der Waals surface area contributed by atoms with E-state index < -0.39 is 16.9 Å². The average Bonchev–Trinajstić information content (AvgIpc) is 2.54. The zero-order valence-electron chi connectivity index (χ0n) is 12.6. The van der Waals surface area contributed by atoms with Crippen LogP contribution in [0.15, 0.2) is 53.4 Å². The number of aliphatic hydroxyl groups is 1. The number of hydrogen-bond donors (Lipinski definition) is 1. The van der Waals surface area contributed by atoms with Crippen LogP contribution in [0, 0.1) is 11.6 Å². The van der Waals surface area contributed by atoms with Crippen LogP contribution in [0.3, 0.4) is 0 Å². The first-order valence-corrected chi connectivity index (χ1v) is 7.93. The van der Waals surface area contributed by atoms with Crippen LogP contribution in [0.1, 0.15) is 10.8 Å². The van der Waals surface area contributed by atoms with Crippen LogP contribution in [0.4, 0.5) is 8.78 Å². The number of hydrogen-bond acceptors (Lipinski definition) is 3. The molecule has 0 fully saturated rings. The molecular weight excluding hydrogens is 320 g/mol. The van der Waals surface area contributed by atoms with Gasteiger partial charge in [0.05, 0.1) is 6.61 Å². The molecule has 3 nitrogen and oxygen atoms in total. The van der Waals surface area contributed by atoms with E-state index in [1.54, 1.807) is 31.3 Å². The molecule has 0 saturated heterocycles. The molecule has 0 aromatic heterocycles. The number of thioether (sulfide) groups is 1. The van der Waals surface area contributed by atoms with Crippen LogP contribution >= 0.6 is 11.8 Å². The van der Waals surface area contributed by atoms with E-state index >= 15 is 0 Å². The van der Waals surface area contributed by atoms with Gasteiger partial charge in [0.15, 0.2) is 0 Å². The van der Waals surface area contributed by atoms with Crippen molar-refractivity contribution < 1.29 is 18.7 Å². The molecule has 2 aromatic rings. The Labute approximate surface area is 137 Å². The highest BCUT2D eigenvalue weighted by Gasteiger charge is 2.26. The van der Waals surface area contributed by atoms with Crippen molar-refractivity contribution >= 4 is 17.7 Å². The first-order chi connectivity index (χ1) is 11.0. The van der Waals surface area contributed by atoms with Crippen molar-refractivity contribution in [3.05, 3.63) is 65.7 Å². The Morgan fingerprint density at radius 3 is 2.52 bits per heavy atom. The molecule has 6 heteroatoms. The summed E-state index contributed by atoms with van der Waals surface area (Å²) < 4.78 is 27.0. The Morgan fingerprint density at radius 2 is 1.91 bits per heavy atom. The summed E-state index contributed by atoms with van der Waals surface area (Å²) in [6.45, 7) is 0.0357. The molecule has 0 aliphatic heterocycles. The van der Waals surface area contributed by atoms with E-state index in [9.17, 15) is 13.6 Å². The summed E-state index contributed by atoms with van der Waals surface area (Å²) in [4.78, 5) is 14.2. The maximum Gasteiger partial charge on any atom is 0.240 e. The fourth-order valence-corrected chi connectivity index (χ4v) is 3.19. The standard InChI is InChI=1S/C17H17F2NO2S/c1-20(9-10-21)17(22)16(12-5-3-2-4-6-12)23-15-8-7-13(18)11-14(15)19/h2-8,11,16,21H,9-10H2,1H3. The molecule has 0 saturated carbocycles. The molecule has 1 atom stereocenters. The number of likely N-dealkylation sites (N-methyl/N-ethyl adjacent to an activating group) is 1. The van der Waals surface area contributed by atoms with Crippen LogP contribution in [-0.4, -0.2) is 36.1 Å². The lowest BCUT2D eigenvalue weighted by atomic mass is 10.1. The summed E-state index contributed by atoms with van der Waals surface area (Å²) in [5, 5.41) is 8.33. The Bertz CT molecular complexity index is 667. The van der Waals surface area contributed by atoms with Gasteiger partial charge in [-0.1, -0.05) is 30.3 Å². The van der Waals surface area contributed by atoms with Gasteiger partial charge in [-0.3, -0.25) is 4.79 Å².